The van der Waals surface area contributed by atoms with Crippen LogP contribution in [0.1, 0.15) is 60.5 Å². The van der Waals surface area contributed by atoms with E-state index in [2.05, 4.69) is 89.5 Å². The van der Waals surface area contributed by atoms with Gasteiger partial charge < -0.3 is 4.98 Å². The Hall–Kier alpha value is -3.32. The summed E-state index contributed by atoms with van der Waals surface area (Å²) >= 11 is 0. The van der Waals surface area contributed by atoms with Crippen LogP contribution in [-0.2, 0) is 18.5 Å². The van der Waals surface area contributed by atoms with Crippen molar-refractivity contribution < 1.29 is 0 Å². The summed E-state index contributed by atoms with van der Waals surface area (Å²) < 4.78 is 1.85. The quantitative estimate of drug-likeness (QED) is 0.518. The lowest BCUT2D eigenvalue weighted by molar-refractivity contribution is 0.185. The van der Waals surface area contributed by atoms with E-state index in [0.717, 1.165) is 36.0 Å². The van der Waals surface area contributed by atoms with Crippen molar-refractivity contribution in [3.63, 3.8) is 0 Å². The summed E-state index contributed by atoms with van der Waals surface area (Å²) in [4.78, 5) is 19.0. The first-order chi connectivity index (χ1) is 15.7. The molecule has 5 rings (SSSR count). The van der Waals surface area contributed by atoms with Crippen molar-refractivity contribution in [1.82, 2.24) is 30.1 Å². The number of hydrogen-bond acceptors (Lipinski definition) is 5. The fourth-order valence-corrected chi connectivity index (χ4v) is 4.99. The summed E-state index contributed by atoms with van der Waals surface area (Å²) in [5, 5.41) is 13.8. The third kappa shape index (κ3) is 3.86. The lowest BCUT2D eigenvalue weighted by atomic mass is 9.95. The van der Waals surface area contributed by atoms with E-state index in [-0.39, 0.29) is 17.1 Å². The number of nitrogens with zero attached hydrogens (tertiary/aromatic N) is 5. The number of tetrazole rings is 1. The van der Waals surface area contributed by atoms with Crippen molar-refractivity contribution in [2.45, 2.75) is 59.2 Å². The number of aromatic nitrogens is 5. The molecule has 0 fully saturated rings. The molecular weight excluding hydrogens is 412 g/mol. The fraction of sp³-hybridized carbons (Fsp3) is 0.385. The van der Waals surface area contributed by atoms with Crippen LogP contribution < -0.4 is 5.56 Å². The number of H-pyrrole nitrogens is 1. The Labute approximate surface area is 193 Å². The first-order valence-electron chi connectivity index (χ1n) is 11.5. The smallest absolute Gasteiger partial charge is 0.253 e. The van der Waals surface area contributed by atoms with Crippen LogP contribution in [0.4, 0.5) is 0 Å². The van der Waals surface area contributed by atoms with Gasteiger partial charge >= 0.3 is 0 Å². The Morgan fingerprint density at radius 2 is 1.82 bits per heavy atom. The summed E-state index contributed by atoms with van der Waals surface area (Å²) in [6, 6.07) is 14.4. The molecule has 1 N–H and O–H groups in total. The van der Waals surface area contributed by atoms with Crippen LogP contribution in [0.2, 0.25) is 0 Å². The molecule has 0 spiro atoms. The van der Waals surface area contributed by atoms with E-state index in [1.54, 1.807) is 0 Å². The second-order valence-corrected chi connectivity index (χ2v) is 10.1. The molecule has 0 aliphatic carbocycles. The summed E-state index contributed by atoms with van der Waals surface area (Å²) in [6.07, 6.45) is 0.924. The number of aryl methyl sites for hydroxylation is 2. The Kier molecular flexibility index (Phi) is 5.16. The Morgan fingerprint density at radius 3 is 2.58 bits per heavy atom. The van der Waals surface area contributed by atoms with Crippen molar-refractivity contribution in [2.24, 2.45) is 0 Å². The zero-order valence-corrected chi connectivity index (χ0v) is 19.9. The van der Waals surface area contributed by atoms with Gasteiger partial charge in [0.1, 0.15) is 6.04 Å². The largest absolute Gasteiger partial charge is 0.321 e. The molecule has 1 aliphatic rings. The standard InChI is InChI=1S/C26H30N6O/c1-16-12-17(2)22-20(13-16)14-21(25(33)27-22)23(24-28-29-30-32(24)26(3,4)5)31-11-10-18-8-6-7-9-19(18)15-31/h6-9,12-14,23H,10-11,15H2,1-5H3,(H,27,33)/t23-/m0/s1. The van der Waals surface area contributed by atoms with Crippen molar-refractivity contribution in [1.29, 1.82) is 0 Å². The van der Waals surface area contributed by atoms with Crippen LogP contribution in [0, 0.1) is 13.8 Å². The molecule has 0 amide bonds. The molecule has 2 aromatic heterocycles. The average molecular weight is 443 g/mol. The van der Waals surface area contributed by atoms with Crippen molar-refractivity contribution >= 4 is 10.9 Å². The molecule has 0 unspecified atom stereocenters. The summed E-state index contributed by atoms with van der Waals surface area (Å²) in [7, 11) is 0. The molecular formula is C26H30N6O. The highest BCUT2D eigenvalue weighted by atomic mass is 16.1. The van der Waals surface area contributed by atoms with Crippen LogP contribution in [0.15, 0.2) is 47.3 Å². The SMILES string of the molecule is Cc1cc(C)c2[nH]c(=O)c([C@@H](c3nnnn3C(C)(C)C)N3CCc4ccccc4C3)cc2c1. The minimum absolute atomic E-state index is 0.0956. The van der Waals surface area contributed by atoms with E-state index >= 15 is 0 Å². The maximum absolute atomic E-state index is 13.5. The van der Waals surface area contributed by atoms with E-state index in [4.69, 9.17) is 0 Å². The molecule has 0 radical (unpaired) electrons. The highest BCUT2D eigenvalue weighted by molar-refractivity contribution is 5.83. The van der Waals surface area contributed by atoms with Crippen LogP contribution in [0.5, 0.6) is 0 Å². The van der Waals surface area contributed by atoms with Crippen molar-refractivity contribution in [2.75, 3.05) is 6.54 Å². The molecule has 0 saturated carbocycles. The van der Waals surface area contributed by atoms with Gasteiger partial charge in [-0.2, -0.15) is 0 Å². The van der Waals surface area contributed by atoms with Gasteiger partial charge in [-0.3, -0.25) is 9.69 Å². The van der Waals surface area contributed by atoms with E-state index < -0.39 is 0 Å². The summed E-state index contributed by atoms with van der Waals surface area (Å²) in [5.41, 5.74) is 6.02. The topological polar surface area (TPSA) is 79.7 Å². The molecule has 170 valence electrons. The van der Waals surface area contributed by atoms with Gasteiger partial charge in [-0.1, -0.05) is 35.9 Å². The minimum Gasteiger partial charge on any atom is -0.321 e. The third-order valence-electron chi connectivity index (χ3n) is 6.52. The summed E-state index contributed by atoms with van der Waals surface area (Å²) in [5.74, 6) is 0.691. The minimum atomic E-state index is -0.360. The first kappa shape index (κ1) is 21.5. The Morgan fingerprint density at radius 1 is 1.06 bits per heavy atom. The number of fused-ring (bicyclic) bond motifs is 2. The number of nitrogens with one attached hydrogen (secondary N) is 1. The molecule has 33 heavy (non-hydrogen) atoms. The Bertz CT molecular complexity index is 1390. The number of rotatable bonds is 3. The van der Waals surface area contributed by atoms with Crippen LogP contribution >= 0.6 is 0 Å². The fourth-order valence-electron chi connectivity index (χ4n) is 4.99. The average Bonchev–Trinajstić information content (AvgIpc) is 3.25. The molecule has 7 heteroatoms. The second kappa shape index (κ2) is 7.92. The summed E-state index contributed by atoms with van der Waals surface area (Å²) in [6.45, 7) is 11.9. The zero-order valence-electron chi connectivity index (χ0n) is 19.9. The number of hydrogen-bond donors (Lipinski definition) is 1. The van der Waals surface area contributed by atoms with Gasteiger partial charge in [-0.15, -0.1) is 5.10 Å². The number of benzene rings is 2. The van der Waals surface area contributed by atoms with E-state index in [0.29, 0.717) is 11.4 Å². The predicted octanol–water partition coefficient (Wildman–Crippen LogP) is 4.03. The normalized spacial score (nSPS) is 15.5. The van der Waals surface area contributed by atoms with Gasteiger partial charge in [0.05, 0.1) is 11.1 Å². The van der Waals surface area contributed by atoms with E-state index in [1.807, 2.05) is 17.7 Å². The number of aromatic amines is 1. The third-order valence-corrected chi connectivity index (χ3v) is 6.52. The monoisotopic (exact) mass is 442 g/mol. The van der Waals surface area contributed by atoms with Gasteiger partial charge in [-0.05, 0) is 85.7 Å². The van der Waals surface area contributed by atoms with Gasteiger partial charge in [0.25, 0.3) is 5.56 Å². The lowest BCUT2D eigenvalue weighted by Crippen LogP contribution is -2.40. The zero-order chi connectivity index (χ0) is 23.3. The van der Waals surface area contributed by atoms with Crippen LogP contribution in [0.25, 0.3) is 10.9 Å². The van der Waals surface area contributed by atoms with Crippen LogP contribution in [-0.4, -0.2) is 36.6 Å². The maximum atomic E-state index is 13.5. The molecule has 3 heterocycles. The predicted molar refractivity (Wildman–Crippen MR) is 129 cm³/mol. The number of pyridine rings is 1. The van der Waals surface area contributed by atoms with Crippen molar-refractivity contribution in [3.8, 4) is 0 Å². The highest BCUT2D eigenvalue weighted by Crippen LogP contribution is 2.33. The molecule has 1 aliphatic heterocycles. The lowest BCUT2D eigenvalue weighted by Gasteiger charge is -2.36. The molecule has 4 aromatic rings. The molecule has 7 nitrogen and oxygen atoms in total. The molecule has 0 bridgehead atoms. The second-order valence-electron chi connectivity index (χ2n) is 10.1. The van der Waals surface area contributed by atoms with Gasteiger partial charge in [0.15, 0.2) is 5.82 Å². The van der Waals surface area contributed by atoms with Gasteiger partial charge in [0.2, 0.25) is 0 Å². The van der Waals surface area contributed by atoms with Gasteiger partial charge in [-0.25, -0.2) is 4.68 Å². The molecule has 0 saturated heterocycles. The highest BCUT2D eigenvalue weighted by Gasteiger charge is 2.34. The maximum Gasteiger partial charge on any atom is 0.253 e. The first-order valence-corrected chi connectivity index (χ1v) is 11.5. The van der Waals surface area contributed by atoms with E-state index in [9.17, 15) is 4.79 Å². The van der Waals surface area contributed by atoms with Crippen LogP contribution in [0.3, 0.4) is 0 Å². The molecule has 2 aromatic carbocycles. The van der Waals surface area contributed by atoms with Gasteiger partial charge in [0, 0.05) is 18.7 Å². The Balaban J connectivity index is 1.71. The van der Waals surface area contributed by atoms with E-state index in [1.165, 1.54) is 16.7 Å². The van der Waals surface area contributed by atoms with Crippen molar-refractivity contribution in [3.05, 3.63) is 86.5 Å². The molecule has 1 atom stereocenters.